The standard InChI is InChI=1S/C12H12ClO7PS4/c13-21(18)19-3-7-1-9(24-22-5-11(14)15)10(2-8(7)4-20-21)25-23-6-12(16)17/h1-2H,3-6H2,(H,14,15)(H,16,17). The van der Waals surface area contributed by atoms with Crippen molar-refractivity contribution in [3.63, 3.8) is 0 Å². The van der Waals surface area contributed by atoms with Crippen molar-refractivity contribution in [3.8, 4) is 0 Å². The largest absolute Gasteiger partial charge is 0.481 e. The van der Waals surface area contributed by atoms with Gasteiger partial charge in [-0.15, -0.1) is 0 Å². The Kier molecular flexibility index (Phi) is 8.35. The third kappa shape index (κ3) is 7.26. The molecule has 7 nitrogen and oxygen atoms in total. The number of hydrogen-bond donors (Lipinski definition) is 2. The minimum absolute atomic E-state index is 0.0144. The molecule has 13 heteroatoms. The van der Waals surface area contributed by atoms with E-state index in [0.717, 1.165) is 42.5 Å². The summed E-state index contributed by atoms with van der Waals surface area (Å²) in [7, 11) is 4.84. The molecule has 0 fully saturated rings. The van der Waals surface area contributed by atoms with E-state index in [1.165, 1.54) is 21.6 Å². The van der Waals surface area contributed by atoms with Crippen molar-refractivity contribution >= 4 is 73.3 Å². The molecule has 25 heavy (non-hydrogen) atoms. The van der Waals surface area contributed by atoms with Crippen molar-refractivity contribution in [1.82, 2.24) is 0 Å². The van der Waals surface area contributed by atoms with Gasteiger partial charge >= 0.3 is 18.9 Å². The maximum atomic E-state index is 11.8. The summed E-state index contributed by atoms with van der Waals surface area (Å²) in [5, 5.41) is 17.5. The minimum Gasteiger partial charge on any atom is -0.481 e. The zero-order valence-electron chi connectivity index (χ0n) is 12.4. The van der Waals surface area contributed by atoms with Crippen LogP contribution in [0.15, 0.2) is 21.9 Å². The van der Waals surface area contributed by atoms with Gasteiger partial charge in [-0.05, 0) is 23.3 Å². The number of fused-ring (bicyclic) bond motifs is 1. The molecular formula is C12H12ClO7PS4. The van der Waals surface area contributed by atoms with Crippen LogP contribution < -0.4 is 0 Å². The van der Waals surface area contributed by atoms with Gasteiger partial charge in [0.05, 0.1) is 13.2 Å². The van der Waals surface area contributed by atoms with Crippen molar-refractivity contribution in [2.24, 2.45) is 0 Å². The first-order chi connectivity index (χ1) is 11.8. The summed E-state index contributed by atoms with van der Waals surface area (Å²) in [6.07, 6.45) is 0. The highest BCUT2D eigenvalue weighted by Crippen LogP contribution is 2.57. The first-order valence-electron chi connectivity index (χ1n) is 6.54. The molecule has 2 rings (SSSR count). The Morgan fingerprint density at radius 1 is 1.00 bits per heavy atom. The van der Waals surface area contributed by atoms with Crippen LogP contribution in [0.3, 0.4) is 0 Å². The number of carboxylic acids is 2. The first kappa shape index (κ1) is 21.3. The fourth-order valence-corrected chi connectivity index (χ4v) is 6.96. The monoisotopic (exact) mass is 462 g/mol. The molecule has 0 saturated heterocycles. The van der Waals surface area contributed by atoms with Crippen molar-refractivity contribution in [1.29, 1.82) is 0 Å². The highest BCUT2D eigenvalue weighted by molar-refractivity contribution is 8.78. The van der Waals surface area contributed by atoms with Gasteiger partial charge < -0.3 is 10.2 Å². The van der Waals surface area contributed by atoms with Gasteiger partial charge in [0.15, 0.2) is 0 Å². The molecule has 1 aliphatic heterocycles. The number of aliphatic carboxylic acids is 2. The maximum absolute atomic E-state index is 11.8. The second-order valence-corrected chi connectivity index (χ2v) is 11.8. The molecule has 0 atom stereocenters. The van der Waals surface area contributed by atoms with Crippen LogP contribution >= 0.6 is 61.4 Å². The summed E-state index contributed by atoms with van der Waals surface area (Å²) >= 11 is 5.65. The van der Waals surface area contributed by atoms with Gasteiger partial charge in [-0.2, -0.15) is 0 Å². The van der Waals surface area contributed by atoms with E-state index in [1.54, 1.807) is 12.1 Å². The maximum Gasteiger partial charge on any atom is 0.424 e. The molecule has 1 aromatic rings. The minimum atomic E-state index is -3.62. The number of carboxylic acid groups (broad SMARTS) is 2. The summed E-state index contributed by atoms with van der Waals surface area (Å²) in [6, 6.07) is 3.59. The molecule has 1 aliphatic rings. The molecule has 0 amide bonds. The number of rotatable bonds is 8. The Labute approximate surface area is 164 Å². The third-order valence-electron chi connectivity index (χ3n) is 2.68. The molecule has 1 heterocycles. The van der Waals surface area contributed by atoms with E-state index in [4.69, 9.17) is 30.5 Å². The van der Waals surface area contributed by atoms with Crippen molar-refractivity contribution in [2.45, 2.75) is 23.0 Å². The Hall–Kier alpha value is -0.000000000000000187. The lowest BCUT2D eigenvalue weighted by molar-refractivity contribution is -0.134. The van der Waals surface area contributed by atoms with E-state index in [-0.39, 0.29) is 24.7 Å². The highest BCUT2D eigenvalue weighted by atomic mass is 35.7. The first-order valence-corrected chi connectivity index (χ1v) is 13.6. The van der Waals surface area contributed by atoms with Crippen LogP contribution in [-0.2, 0) is 36.4 Å². The Balaban J connectivity index is 2.21. The fraction of sp³-hybridized carbons (Fsp3) is 0.333. The van der Waals surface area contributed by atoms with Crippen LogP contribution in [0.2, 0.25) is 0 Å². The summed E-state index contributed by atoms with van der Waals surface area (Å²) in [5.41, 5.74) is 1.48. The summed E-state index contributed by atoms with van der Waals surface area (Å²) in [5.74, 6) is -2.02. The molecule has 0 unspecified atom stereocenters. The molecular weight excluding hydrogens is 451 g/mol. The second kappa shape index (κ2) is 9.80. The van der Waals surface area contributed by atoms with Gasteiger partial charge in [-0.3, -0.25) is 18.6 Å². The molecule has 0 aromatic heterocycles. The molecule has 0 bridgehead atoms. The molecule has 0 radical (unpaired) electrons. The van der Waals surface area contributed by atoms with E-state index < -0.39 is 18.9 Å². The smallest absolute Gasteiger partial charge is 0.424 e. The fourth-order valence-electron chi connectivity index (χ4n) is 1.66. The number of halogens is 1. The van der Waals surface area contributed by atoms with Crippen LogP contribution in [0.5, 0.6) is 0 Å². The van der Waals surface area contributed by atoms with Gasteiger partial charge in [0.1, 0.15) is 11.5 Å². The molecule has 138 valence electrons. The van der Waals surface area contributed by atoms with Crippen LogP contribution in [0, 0.1) is 0 Å². The lowest BCUT2D eigenvalue weighted by Crippen LogP contribution is -1.98. The van der Waals surface area contributed by atoms with Gasteiger partial charge in [0.2, 0.25) is 0 Å². The van der Waals surface area contributed by atoms with Crippen LogP contribution in [0.4, 0.5) is 0 Å². The van der Waals surface area contributed by atoms with Crippen LogP contribution in [-0.4, -0.2) is 33.7 Å². The van der Waals surface area contributed by atoms with Crippen molar-refractivity contribution in [2.75, 3.05) is 11.5 Å². The Morgan fingerprint density at radius 2 is 1.40 bits per heavy atom. The highest BCUT2D eigenvalue weighted by Gasteiger charge is 2.26. The normalized spacial score (nSPS) is 16.0. The lowest BCUT2D eigenvalue weighted by Gasteiger charge is -2.12. The van der Waals surface area contributed by atoms with Gasteiger partial charge in [0, 0.05) is 21.0 Å². The average molecular weight is 463 g/mol. The van der Waals surface area contributed by atoms with E-state index in [9.17, 15) is 14.2 Å². The third-order valence-corrected chi connectivity index (χ3v) is 8.76. The second-order valence-electron chi connectivity index (χ2n) is 4.52. The van der Waals surface area contributed by atoms with Crippen LogP contribution in [0.25, 0.3) is 0 Å². The predicted octanol–water partition coefficient (Wildman–Crippen LogP) is 4.73. The van der Waals surface area contributed by atoms with Crippen molar-refractivity contribution < 1.29 is 33.4 Å². The molecule has 2 N–H and O–H groups in total. The van der Waals surface area contributed by atoms with Crippen molar-refractivity contribution in [3.05, 3.63) is 23.3 Å². The lowest BCUT2D eigenvalue weighted by atomic mass is 10.1. The summed E-state index contributed by atoms with van der Waals surface area (Å²) in [6.45, 7) is -3.59. The quantitative estimate of drug-likeness (QED) is 0.413. The summed E-state index contributed by atoms with van der Waals surface area (Å²) in [4.78, 5) is 22.9. The van der Waals surface area contributed by atoms with Gasteiger partial charge in [-0.25, -0.2) is 4.57 Å². The van der Waals surface area contributed by atoms with Gasteiger partial charge in [0.25, 0.3) is 0 Å². The molecule has 0 aliphatic carbocycles. The topological polar surface area (TPSA) is 110 Å². The number of carbonyl (C=O) groups is 2. The Morgan fingerprint density at radius 3 is 1.76 bits per heavy atom. The van der Waals surface area contributed by atoms with E-state index >= 15 is 0 Å². The summed E-state index contributed by atoms with van der Waals surface area (Å²) < 4.78 is 21.9. The average Bonchev–Trinajstić information content (AvgIpc) is 2.66. The van der Waals surface area contributed by atoms with E-state index in [2.05, 4.69) is 0 Å². The number of hydrogen-bond acceptors (Lipinski definition) is 9. The van der Waals surface area contributed by atoms with Crippen LogP contribution in [0.1, 0.15) is 11.1 Å². The van der Waals surface area contributed by atoms with E-state index in [0.29, 0.717) is 0 Å². The Bertz CT molecular complexity index is 662. The predicted molar refractivity (Wildman–Crippen MR) is 101 cm³/mol. The van der Waals surface area contributed by atoms with Gasteiger partial charge in [-0.1, -0.05) is 43.2 Å². The SMILES string of the molecule is O=C(O)CSSc1cc2c(cc1SSCC(=O)O)COP(=O)(Cl)OC2. The zero-order valence-corrected chi connectivity index (χ0v) is 17.3. The zero-order chi connectivity index (χ0) is 18.4. The molecule has 0 saturated carbocycles. The number of benzene rings is 1. The van der Waals surface area contributed by atoms with E-state index in [1.807, 2.05) is 0 Å². The molecule has 0 spiro atoms. The molecule has 1 aromatic carbocycles.